The number of nitrogens with zero attached hydrogens (tertiary/aromatic N) is 3. The van der Waals surface area contributed by atoms with Gasteiger partial charge in [-0.25, -0.2) is 0 Å². The highest BCUT2D eigenvalue weighted by Crippen LogP contribution is 2.53. The fourth-order valence-corrected chi connectivity index (χ4v) is 13.8. The molecule has 0 unspecified atom stereocenters. The largest absolute Gasteiger partial charge is 0.311 e. The molecule has 11 aromatic rings. The van der Waals surface area contributed by atoms with Crippen LogP contribution in [0.25, 0.3) is 60.9 Å². The quantitative estimate of drug-likeness (QED) is 0.0948. The van der Waals surface area contributed by atoms with Crippen LogP contribution in [-0.4, -0.2) is 11.3 Å². The molecule has 2 aliphatic rings. The van der Waals surface area contributed by atoms with E-state index in [4.69, 9.17) is 0 Å². The molecule has 13 rings (SSSR count). The van der Waals surface area contributed by atoms with Gasteiger partial charge in [0.2, 0.25) is 0 Å². The van der Waals surface area contributed by atoms with Crippen LogP contribution in [0.2, 0.25) is 0 Å². The Kier molecular flexibility index (Phi) is 14.6. The van der Waals surface area contributed by atoms with Gasteiger partial charge in [0.05, 0.1) is 22.4 Å². The Hall–Kier alpha value is -8.34. The number of fused-ring (bicyclic) bond motifs is 7. The maximum atomic E-state index is 2.82. The third-order valence-corrected chi connectivity index (χ3v) is 18.2. The van der Waals surface area contributed by atoms with E-state index in [0.29, 0.717) is 0 Å². The van der Waals surface area contributed by atoms with Crippen LogP contribution < -0.4 is 26.2 Å². The molecule has 0 saturated heterocycles. The molecule has 0 atom stereocenters. The average molecular weight is 1090 g/mol. The Morgan fingerprint density at radius 3 is 1.37 bits per heavy atom. The average Bonchev–Trinajstić information content (AvgIpc) is 0.905. The first-order chi connectivity index (χ1) is 40.8. The summed E-state index contributed by atoms with van der Waals surface area (Å²) in [5.41, 5.74) is 29.2. The highest BCUT2D eigenvalue weighted by Gasteiger charge is 2.46. The minimum atomic E-state index is -0.207. The molecule has 0 spiro atoms. The van der Waals surface area contributed by atoms with Crippen molar-refractivity contribution >= 4 is 79.0 Å². The Morgan fingerprint density at radius 1 is 0.369 bits per heavy atom. The molecule has 0 radical (unpaired) electrons. The van der Waals surface area contributed by atoms with Crippen LogP contribution in [0.1, 0.15) is 129 Å². The third-order valence-electron chi connectivity index (χ3n) is 18.2. The van der Waals surface area contributed by atoms with Crippen molar-refractivity contribution in [3.63, 3.8) is 0 Å². The summed E-state index contributed by atoms with van der Waals surface area (Å²) in [7, 11) is 0. The highest BCUT2D eigenvalue weighted by atomic mass is 15.2. The van der Waals surface area contributed by atoms with E-state index in [1.165, 1.54) is 152 Å². The van der Waals surface area contributed by atoms with Gasteiger partial charge in [-0.1, -0.05) is 239 Å². The first-order valence-electron chi connectivity index (χ1n) is 31.4. The van der Waals surface area contributed by atoms with Crippen LogP contribution in [0, 0.1) is 0 Å². The number of anilines is 6. The number of aromatic nitrogens is 1. The highest BCUT2D eigenvalue weighted by molar-refractivity contribution is 7.00. The molecule has 0 saturated carbocycles. The fourth-order valence-electron chi connectivity index (χ4n) is 13.8. The van der Waals surface area contributed by atoms with Gasteiger partial charge in [-0.05, 0) is 170 Å². The topological polar surface area (TPSA) is 11.4 Å². The molecule has 0 amide bonds. The number of hydrogen-bond donors (Lipinski definition) is 0. The molecule has 0 aliphatic carbocycles. The molecule has 10 aromatic carbocycles. The Balaban J connectivity index is 1.21. The normalized spacial score (nSPS) is 12.9. The monoisotopic (exact) mass is 1090 g/mol. The zero-order valence-corrected chi connectivity index (χ0v) is 51.0. The van der Waals surface area contributed by atoms with E-state index < -0.39 is 0 Å². The van der Waals surface area contributed by atoms with E-state index in [2.05, 4.69) is 289 Å². The van der Waals surface area contributed by atoms with Crippen LogP contribution in [0.4, 0.5) is 34.1 Å². The van der Waals surface area contributed by atoms with Gasteiger partial charge in [-0.15, -0.1) is 0 Å². The van der Waals surface area contributed by atoms with Gasteiger partial charge >= 0.3 is 0 Å². The molecule has 418 valence electrons. The van der Waals surface area contributed by atoms with E-state index in [-0.39, 0.29) is 17.5 Å². The van der Waals surface area contributed by atoms with Crippen molar-refractivity contribution in [3.05, 3.63) is 240 Å². The van der Waals surface area contributed by atoms with E-state index >= 15 is 0 Å². The molecule has 1 aromatic heterocycles. The zero-order valence-electron chi connectivity index (χ0n) is 51.0. The summed E-state index contributed by atoms with van der Waals surface area (Å²) in [6, 6.07) is 81.9. The standard InChI is InChI=1S/C80H80BN3/c1-10-13-29-54-46-59(30-14-11-2)77(60(47-54)31-15-12-3)84-73-53-63(82-70-40-27-25-38-64(70)65-39-26-28-41-71(65)82)43-44-68(73)81-69-48-58(55-32-19-16-20-33-55)42-45-72(69)83(74-51-62(80(7,8)9)52-75(84)76(74)81)78-66(56-34-21-17-22-35-56)49-61(79(4,5)6)50-67(78)57-36-23-18-24-37-57/h16-28,32-53H,10-15,29-31H2,1-9H3. The predicted octanol–water partition coefficient (Wildman–Crippen LogP) is 20.5. The van der Waals surface area contributed by atoms with Crippen molar-refractivity contribution in [1.29, 1.82) is 0 Å². The maximum Gasteiger partial charge on any atom is 0.252 e. The Bertz CT molecular complexity index is 4090. The van der Waals surface area contributed by atoms with Gasteiger partial charge in [0.1, 0.15) is 0 Å². The predicted molar refractivity (Wildman–Crippen MR) is 364 cm³/mol. The van der Waals surface area contributed by atoms with E-state index in [0.717, 1.165) is 44.9 Å². The lowest BCUT2D eigenvalue weighted by molar-refractivity contribution is 0.590. The summed E-state index contributed by atoms with van der Waals surface area (Å²) in [4.78, 5) is 5.55. The minimum absolute atomic E-state index is 0.103. The Labute approximate surface area is 500 Å². The second kappa shape index (κ2) is 22.3. The minimum Gasteiger partial charge on any atom is -0.311 e. The summed E-state index contributed by atoms with van der Waals surface area (Å²) in [5, 5.41) is 2.54. The maximum absolute atomic E-state index is 2.82. The van der Waals surface area contributed by atoms with Crippen LogP contribution >= 0.6 is 0 Å². The van der Waals surface area contributed by atoms with Gasteiger partial charge in [-0.2, -0.15) is 0 Å². The van der Waals surface area contributed by atoms with Crippen molar-refractivity contribution in [1.82, 2.24) is 4.57 Å². The molecular formula is C80H80BN3. The smallest absolute Gasteiger partial charge is 0.252 e. The lowest BCUT2D eigenvalue weighted by Gasteiger charge is -2.47. The number of para-hydroxylation sites is 2. The van der Waals surface area contributed by atoms with E-state index in [9.17, 15) is 0 Å². The first-order valence-corrected chi connectivity index (χ1v) is 31.4. The molecular weight excluding hydrogens is 1010 g/mol. The lowest BCUT2D eigenvalue weighted by Crippen LogP contribution is -2.61. The van der Waals surface area contributed by atoms with Crippen LogP contribution in [-0.2, 0) is 30.1 Å². The number of benzene rings is 10. The van der Waals surface area contributed by atoms with Crippen LogP contribution in [0.15, 0.2) is 212 Å². The van der Waals surface area contributed by atoms with Gasteiger partial charge in [0.15, 0.2) is 0 Å². The third kappa shape index (κ3) is 9.76. The van der Waals surface area contributed by atoms with E-state index in [1.807, 2.05) is 0 Å². The number of aryl methyl sites for hydroxylation is 3. The molecule has 3 nitrogen and oxygen atoms in total. The van der Waals surface area contributed by atoms with Gasteiger partial charge in [0.25, 0.3) is 6.71 Å². The summed E-state index contributed by atoms with van der Waals surface area (Å²) in [6.45, 7) is 21.3. The van der Waals surface area contributed by atoms with Crippen molar-refractivity contribution in [2.24, 2.45) is 0 Å². The molecule has 2 aliphatic heterocycles. The van der Waals surface area contributed by atoms with E-state index in [1.54, 1.807) is 0 Å². The van der Waals surface area contributed by atoms with Crippen molar-refractivity contribution < 1.29 is 0 Å². The fraction of sp³-hybridized carbons (Fsp3) is 0.250. The Morgan fingerprint density at radius 2 is 0.845 bits per heavy atom. The second-order valence-electron chi connectivity index (χ2n) is 26.0. The summed E-state index contributed by atoms with van der Waals surface area (Å²) in [6.07, 6.45) is 10.0. The first kappa shape index (κ1) is 54.9. The molecule has 4 heteroatoms. The van der Waals surface area contributed by atoms with Crippen molar-refractivity contribution in [2.45, 2.75) is 131 Å². The molecule has 0 bridgehead atoms. The van der Waals surface area contributed by atoms with Gasteiger partial charge in [-0.3, -0.25) is 0 Å². The molecule has 3 heterocycles. The van der Waals surface area contributed by atoms with Gasteiger partial charge < -0.3 is 14.4 Å². The van der Waals surface area contributed by atoms with Crippen molar-refractivity contribution in [2.75, 3.05) is 9.80 Å². The summed E-state index contributed by atoms with van der Waals surface area (Å²) in [5.74, 6) is 0. The van der Waals surface area contributed by atoms with Crippen LogP contribution in [0.3, 0.4) is 0 Å². The summed E-state index contributed by atoms with van der Waals surface area (Å²) >= 11 is 0. The second-order valence-corrected chi connectivity index (χ2v) is 26.0. The van der Waals surface area contributed by atoms with Crippen molar-refractivity contribution in [3.8, 4) is 39.1 Å². The number of rotatable bonds is 15. The SMILES string of the molecule is CCCCc1cc(CCCC)c(N2c3cc(-n4c5ccccc5c5ccccc54)ccc3B3c4cc(-c5ccccc5)ccc4N(c4c(-c5ccccc5)cc(C(C)(C)C)cc4-c4ccccc4)c4cc(C(C)(C)C)cc2c43)c(CCCC)c1. The molecule has 0 fully saturated rings. The summed E-state index contributed by atoms with van der Waals surface area (Å²) < 4.78 is 2.53. The zero-order chi connectivity index (χ0) is 57.9. The number of hydrogen-bond acceptors (Lipinski definition) is 2. The lowest BCUT2D eigenvalue weighted by atomic mass is 9.33. The molecule has 84 heavy (non-hydrogen) atoms. The number of unbranched alkanes of at least 4 members (excludes halogenated alkanes) is 3. The van der Waals surface area contributed by atoms with Gasteiger partial charge in [0, 0.05) is 50.3 Å². The van der Waals surface area contributed by atoms with Crippen LogP contribution in [0.5, 0.6) is 0 Å². The molecule has 0 N–H and O–H groups in total.